The van der Waals surface area contributed by atoms with Crippen LogP contribution in [0.1, 0.15) is 23.7 Å². The Balaban J connectivity index is 2.80. The highest BCUT2D eigenvalue weighted by Gasteiger charge is 2.09. The van der Waals surface area contributed by atoms with Crippen LogP contribution in [0.15, 0.2) is 18.2 Å². The van der Waals surface area contributed by atoms with Gasteiger partial charge in [0.25, 0.3) is 0 Å². The summed E-state index contributed by atoms with van der Waals surface area (Å²) in [5, 5.41) is 1.15. The maximum Gasteiger partial charge on any atom is 0.128 e. The molecule has 0 aliphatic carbocycles. The molecule has 0 bridgehead atoms. The van der Waals surface area contributed by atoms with Crippen LogP contribution in [-0.2, 0) is 0 Å². The predicted molar refractivity (Wildman–Crippen MR) is 67.1 cm³/mol. The number of fused-ring (bicyclic) bond motifs is 1. The van der Waals surface area contributed by atoms with Gasteiger partial charge in [-0.1, -0.05) is 6.07 Å². The molecular formula is C14H17NO. The minimum atomic E-state index is 0.686. The number of aromatic nitrogens is 1. The lowest BCUT2D eigenvalue weighted by Crippen LogP contribution is -1.98. The molecule has 16 heavy (non-hydrogen) atoms. The molecule has 0 radical (unpaired) electrons. The van der Waals surface area contributed by atoms with E-state index in [0.29, 0.717) is 6.61 Å². The number of nitrogens with zero attached hydrogens (tertiary/aromatic N) is 1. The van der Waals surface area contributed by atoms with Crippen LogP contribution in [0.2, 0.25) is 0 Å². The van der Waals surface area contributed by atoms with Crippen molar-refractivity contribution in [3.8, 4) is 5.75 Å². The summed E-state index contributed by atoms with van der Waals surface area (Å²) in [5.74, 6) is 0.938. The summed E-state index contributed by atoms with van der Waals surface area (Å²) in [5.41, 5.74) is 4.64. The van der Waals surface area contributed by atoms with Gasteiger partial charge in [0.05, 0.1) is 12.1 Å². The zero-order valence-corrected chi connectivity index (χ0v) is 10.3. The fourth-order valence-corrected chi connectivity index (χ4v) is 1.99. The molecule has 2 heteroatoms. The summed E-state index contributed by atoms with van der Waals surface area (Å²) in [6, 6.07) is 6.04. The second-order valence-corrected chi connectivity index (χ2v) is 4.03. The van der Waals surface area contributed by atoms with Gasteiger partial charge in [-0.15, -0.1) is 0 Å². The van der Waals surface area contributed by atoms with Crippen LogP contribution in [0, 0.1) is 20.8 Å². The summed E-state index contributed by atoms with van der Waals surface area (Å²) < 4.78 is 5.65. The lowest BCUT2D eigenvalue weighted by molar-refractivity contribution is 0.344. The van der Waals surface area contributed by atoms with Crippen LogP contribution in [0.3, 0.4) is 0 Å². The summed E-state index contributed by atoms with van der Waals surface area (Å²) in [4.78, 5) is 4.60. The molecular weight excluding hydrogens is 198 g/mol. The van der Waals surface area contributed by atoms with Crippen molar-refractivity contribution in [2.75, 3.05) is 6.61 Å². The monoisotopic (exact) mass is 215 g/mol. The van der Waals surface area contributed by atoms with Gasteiger partial charge in [-0.25, -0.2) is 0 Å². The zero-order chi connectivity index (χ0) is 11.7. The van der Waals surface area contributed by atoms with Crippen molar-refractivity contribution < 1.29 is 4.74 Å². The minimum Gasteiger partial charge on any atom is -0.493 e. The molecule has 1 heterocycles. The third kappa shape index (κ3) is 1.64. The van der Waals surface area contributed by atoms with Gasteiger partial charge in [-0.3, -0.25) is 4.98 Å². The van der Waals surface area contributed by atoms with Crippen molar-refractivity contribution in [3.05, 3.63) is 35.0 Å². The number of aryl methyl sites for hydroxylation is 2. The zero-order valence-electron chi connectivity index (χ0n) is 10.3. The highest BCUT2D eigenvalue weighted by Crippen LogP contribution is 2.30. The largest absolute Gasteiger partial charge is 0.493 e. The van der Waals surface area contributed by atoms with Crippen LogP contribution >= 0.6 is 0 Å². The van der Waals surface area contributed by atoms with E-state index < -0.39 is 0 Å². The first-order valence-electron chi connectivity index (χ1n) is 5.64. The van der Waals surface area contributed by atoms with Crippen molar-refractivity contribution in [2.24, 2.45) is 0 Å². The van der Waals surface area contributed by atoms with E-state index in [0.717, 1.165) is 22.3 Å². The van der Waals surface area contributed by atoms with Crippen molar-refractivity contribution in [1.82, 2.24) is 4.98 Å². The maximum absolute atomic E-state index is 5.65. The number of benzene rings is 1. The van der Waals surface area contributed by atoms with Gasteiger partial charge in [-0.05, 0) is 51.0 Å². The molecule has 2 nitrogen and oxygen atoms in total. The highest BCUT2D eigenvalue weighted by molar-refractivity contribution is 5.89. The number of hydrogen-bond donors (Lipinski definition) is 0. The van der Waals surface area contributed by atoms with Crippen molar-refractivity contribution >= 4 is 10.9 Å². The number of hydrogen-bond acceptors (Lipinski definition) is 2. The Morgan fingerprint density at radius 1 is 1.12 bits per heavy atom. The van der Waals surface area contributed by atoms with E-state index in [9.17, 15) is 0 Å². The van der Waals surface area contributed by atoms with E-state index in [4.69, 9.17) is 4.74 Å². The summed E-state index contributed by atoms with van der Waals surface area (Å²) in [6.45, 7) is 8.98. The first-order valence-corrected chi connectivity index (χ1v) is 5.64. The topological polar surface area (TPSA) is 22.1 Å². The molecule has 0 amide bonds. The second kappa shape index (κ2) is 4.12. The van der Waals surface area contributed by atoms with Gasteiger partial charge in [0.15, 0.2) is 0 Å². The molecule has 84 valence electrons. The van der Waals surface area contributed by atoms with Gasteiger partial charge in [0, 0.05) is 11.1 Å². The normalized spacial score (nSPS) is 10.8. The molecule has 2 aromatic rings. The van der Waals surface area contributed by atoms with Crippen LogP contribution in [-0.4, -0.2) is 11.6 Å². The Labute approximate surface area is 96.3 Å². The average Bonchev–Trinajstić information content (AvgIpc) is 2.26. The molecule has 1 aromatic carbocycles. The standard InChI is InChI=1S/C14H17NO/c1-5-16-13-8-6-7-12-14(13)10(3)9(2)11(4)15-12/h6-8H,5H2,1-4H3. The van der Waals surface area contributed by atoms with E-state index in [1.165, 1.54) is 11.1 Å². The van der Waals surface area contributed by atoms with Gasteiger partial charge >= 0.3 is 0 Å². The molecule has 0 aliphatic rings. The summed E-state index contributed by atoms with van der Waals surface area (Å²) in [6.07, 6.45) is 0. The third-order valence-electron chi connectivity index (χ3n) is 3.07. The van der Waals surface area contributed by atoms with Crippen molar-refractivity contribution in [1.29, 1.82) is 0 Å². The fraction of sp³-hybridized carbons (Fsp3) is 0.357. The Morgan fingerprint density at radius 2 is 1.88 bits per heavy atom. The van der Waals surface area contributed by atoms with E-state index in [-0.39, 0.29) is 0 Å². The van der Waals surface area contributed by atoms with Crippen molar-refractivity contribution in [3.63, 3.8) is 0 Å². The molecule has 0 unspecified atom stereocenters. The number of pyridine rings is 1. The van der Waals surface area contributed by atoms with Crippen LogP contribution < -0.4 is 4.74 Å². The van der Waals surface area contributed by atoms with Gasteiger partial charge < -0.3 is 4.74 Å². The van der Waals surface area contributed by atoms with Gasteiger partial charge in [0.2, 0.25) is 0 Å². The Morgan fingerprint density at radius 3 is 2.56 bits per heavy atom. The third-order valence-corrected chi connectivity index (χ3v) is 3.07. The van der Waals surface area contributed by atoms with E-state index in [2.05, 4.69) is 25.8 Å². The van der Waals surface area contributed by atoms with Crippen LogP contribution in [0.4, 0.5) is 0 Å². The smallest absolute Gasteiger partial charge is 0.128 e. The first kappa shape index (κ1) is 10.9. The fourth-order valence-electron chi connectivity index (χ4n) is 1.99. The van der Waals surface area contributed by atoms with E-state index in [1.54, 1.807) is 0 Å². The Bertz CT molecular complexity index is 532. The molecule has 0 aliphatic heterocycles. The molecule has 1 aromatic heterocycles. The molecule has 0 atom stereocenters. The Hall–Kier alpha value is -1.57. The first-order chi connectivity index (χ1) is 7.65. The molecule has 0 saturated carbocycles. The Kier molecular flexibility index (Phi) is 2.82. The quantitative estimate of drug-likeness (QED) is 0.764. The van der Waals surface area contributed by atoms with E-state index >= 15 is 0 Å². The van der Waals surface area contributed by atoms with Gasteiger partial charge in [0.1, 0.15) is 5.75 Å². The molecule has 0 spiro atoms. The molecule has 0 saturated heterocycles. The molecule has 0 N–H and O–H groups in total. The summed E-state index contributed by atoms with van der Waals surface area (Å²) in [7, 11) is 0. The predicted octanol–water partition coefficient (Wildman–Crippen LogP) is 3.56. The van der Waals surface area contributed by atoms with E-state index in [1.807, 2.05) is 25.1 Å². The highest BCUT2D eigenvalue weighted by atomic mass is 16.5. The number of rotatable bonds is 2. The van der Waals surface area contributed by atoms with Crippen molar-refractivity contribution in [2.45, 2.75) is 27.7 Å². The molecule has 0 fully saturated rings. The average molecular weight is 215 g/mol. The van der Waals surface area contributed by atoms with Gasteiger partial charge in [-0.2, -0.15) is 0 Å². The minimum absolute atomic E-state index is 0.686. The molecule has 2 rings (SSSR count). The summed E-state index contributed by atoms with van der Waals surface area (Å²) >= 11 is 0. The van der Waals surface area contributed by atoms with Crippen LogP contribution in [0.25, 0.3) is 10.9 Å². The second-order valence-electron chi connectivity index (χ2n) is 4.03. The van der Waals surface area contributed by atoms with Crippen LogP contribution in [0.5, 0.6) is 5.75 Å². The number of ether oxygens (including phenoxy) is 1. The maximum atomic E-state index is 5.65. The lowest BCUT2D eigenvalue weighted by atomic mass is 10.0. The lowest BCUT2D eigenvalue weighted by Gasteiger charge is -2.12. The SMILES string of the molecule is CCOc1cccc2nc(C)c(C)c(C)c12.